The summed E-state index contributed by atoms with van der Waals surface area (Å²) in [5.41, 5.74) is 1.40. The van der Waals surface area contributed by atoms with Crippen molar-refractivity contribution in [1.82, 2.24) is 0 Å². The van der Waals surface area contributed by atoms with Crippen molar-refractivity contribution in [1.29, 1.82) is 0 Å². The molecule has 19 heavy (non-hydrogen) atoms. The average molecular weight is 266 g/mol. The molecule has 2 nitrogen and oxygen atoms in total. The Kier molecular flexibility index (Phi) is 3.26. The smallest absolute Gasteiger partial charge is 0.0701 e. The van der Waals surface area contributed by atoms with Gasteiger partial charge in [0.1, 0.15) is 0 Å². The van der Waals surface area contributed by atoms with Gasteiger partial charge in [-0.3, -0.25) is 0 Å². The van der Waals surface area contributed by atoms with Crippen LogP contribution >= 0.6 is 0 Å². The van der Waals surface area contributed by atoms with Crippen LogP contribution in [0.25, 0.3) is 0 Å². The van der Waals surface area contributed by atoms with Crippen LogP contribution in [-0.2, 0) is 4.74 Å². The number of rotatable bonds is 3. The highest BCUT2D eigenvalue weighted by atomic mass is 16.5. The minimum absolute atomic E-state index is 0.162. The molecule has 1 N–H and O–H groups in total. The quantitative estimate of drug-likeness (QED) is 0.842. The van der Waals surface area contributed by atoms with Gasteiger partial charge in [-0.1, -0.05) is 27.2 Å². The first kappa shape index (κ1) is 13.9. The lowest BCUT2D eigenvalue weighted by Gasteiger charge is -2.56. The fourth-order valence-corrected chi connectivity index (χ4v) is 6.02. The Labute approximate surface area is 117 Å². The largest absolute Gasteiger partial charge is 0.394 e. The summed E-state index contributed by atoms with van der Waals surface area (Å²) in [7, 11) is 0. The fourth-order valence-electron chi connectivity index (χ4n) is 6.02. The third-order valence-corrected chi connectivity index (χ3v) is 6.62. The minimum Gasteiger partial charge on any atom is -0.394 e. The zero-order valence-corrected chi connectivity index (χ0v) is 12.9. The highest BCUT2D eigenvalue weighted by Gasteiger charge is 2.63. The number of hydrogen-bond donors (Lipinski definition) is 1. The van der Waals surface area contributed by atoms with Crippen LogP contribution in [0.5, 0.6) is 0 Å². The van der Waals surface area contributed by atoms with Crippen LogP contribution < -0.4 is 0 Å². The summed E-state index contributed by atoms with van der Waals surface area (Å²) in [5, 5.41) is 9.10. The molecule has 2 bridgehead atoms. The highest BCUT2D eigenvalue weighted by Crippen LogP contribution is 2.69. The molecule has 3 aliphatic rings. The molecular weight excluding hydrogens is 236 g/mol. The first-order valence-electron chi connectivity index (χ1n) is 8.14. The highest BCUT2D eigenvalue weighted by molar-refractivity contribution is 5.12. The van der Waals surface area contributed by atoms with E-state index < -0.39 is 0 Å². The molecule has 0 saturated heterocycles. The predicted octanol–water partition coefficient (Wildman–Crippen LogP) is 3.77. The molecule has 0 aromatic carbocycles. The molecule has 4 unspecified atom stereocenters. The third kappa shape index (κ3) is 2.06. The molecule has 0 aliphatic heterocycles. The molecule has 0 heterocycles. The summed E-state index contributed by atoms with van der Waals surface area (Å²) in [6, 6.07) is 0. The number of aliphatic hydroxyl groups is 1. The molecule has 0 amide bonds. The standard InChI is InChI=1S/C17H30O2/c1-15(2)11-14(19-10-9-18)17-7-4-6-16(3,12-17)8-5-13(15)17/h13-14,18H,4-12H2,1-3H3. The minimum atomic E-state index is 0.162. The van der Waals surface area contributed by atoms with Crippen LogP contribution in [0.15, 0.2) is 0 Å². The Bertz CT molecular complexity index is 351. The van der Waals surface area contributed by atoms with Gasteiger partial charge in [-0.2, -0.15) is 0 Å². The molecular formula is C17H30O2. The molecule has 3 saturated carbocycles. The second kappa shape index (κ2) is 4.46. The molecule has 3 aliphatic carbocycles. The van der Waals surface area contributed by atoms with E-state index in [0.717, 1.165) is 5.92 Å². The van der Waals surface area contributed by atoms with Gasteiger partial charge >= 0.3 is 0 Å². The average Bonchev–Trinajstić information content (AvgIpc) is 2.52. The van der Waals surface area contributed by atoms with Crippen LogP contribution in [-0.4, -0.2) is 24.4 Å². The summed E-state index contributed by atoms with van der Waals surface area (Å²) in [4.78, 5) is 0. The maximum Gasteiger partial charge on any atom is 0.0701 e. The summed E-state index contributed by atoms with van der Waals surface area (Å²) < 4.78 is 6.13. The second-order valence-corrected chi connectivity index (χ2v) is 8.44. The van der Waals surface area contributed by atoms with Crippen LogP contribution in [0.1, 0.15) is 65.7 Å². The van der Waals surface area contributed by atoms with Gasteiger partial charge < -0.3 is 9.84 Å². The van der Waals surface area contributed by atoms with E-state index in [1.54, 1.807) is 0 Å². The Morgan fingerprint density at radius 1 is 1.16 bits per heavy atom. The molecule has 2 heteroatoms. The first-order valence-corrected chi connectivity index (χ1v) is 8.14. The molecule has 0 aromatic rings. The van der Waals surface area contributed by atoms with Gasteiger partial charge in [0.05, 0.1) is 19.3 Å². The monoisotopic (exact) mass is 266 g/mol. The van der Waals surface area contributed by atoms with Crippen molar-refractivity contribution in [3.05, 3.63) is 0 Å². The van der Waals surface area contributed by atoms with Crippen molar-refractivity contribution >= 4 is 0 Å². The van der Waals surface area contributed by atoms with E-state index in [4.69, 9.17) is 9.84 Å². The van der Waals surface area contributed by atoms with Crippen molar-refractivity contribution in [2.24, 2.45) is 22.2 Å². The topological polar surface area (TPSA) is 29.5 Å². The Balaban J connectivity index is 1.91. The van der Waals surface area contributed by atoms with E-state index >= 15 is 0 Å². The molecule has 0 radical (unpaired) electrons. The fraction of sp³-hybridized carbons (Fsp3) is 1.00. The molecule has 0 aromatic heterocycles. The zero-order valence-electron chi connectivity index (χ0n) is 12.9. The number of aliphatic hydroxyl groups excluding tert-OH is 1. The van der Waals surface area contributed by atoms with E-state index in [2.05, 4.69) is 20.8 Å². The van der Waals surface area contributed by atoms with E-state index in [-0.39, 0.29) is 6.61 Å². The molecule has 1 spiro atoms. The van der Waals surface area contributed by atoms with Crippen molar-refractivity contribution in [2.75, 3.05) is 13.2 Å². The van der Waals surface area contributed by atoms with Crippen molar-refractivity contribution in [3.63, 3.8) is 0 Å². The maximum absolute atomic E-state index is 9.10. The Morgan fingerprint density at radius 3 is 2.68 bits per heavy atom. The Hall–Kier alpha value is -0.0800. The molecule has 3 fully saturated rings. The lowest BCUT2D eigenvalue weighted by molar-refractivity contribution is -0.118. The van der Waals surface area contributed by atoms with Gasteiger partial charge in [0.2, 0.25) is 0 Å². The Morgan fingerprint density at radius 2 is 1.95 bits per heavy atom. The second-order valence-electron chi connectivity index (χ2n) is 8.44. The van der Waals surface area contributed by atoms with Gasteiger partial charge in [0.25, 0.3) is 0 Å². The van der Waals surface area contributed by atoms with Crippen molar-refractivity contribution in [2.45, 2.75) is 71.8 Å². The number of fused-ring (bicyclic) bond motifs is 1. The van der Waals surface area contributed by atoms with Gasteiger partial charge in [0, 0.05) is 5.41 Å². The lowest BCUT2D eigenvalue weighted by Crippen LogP contribution is -2.49. The predicted molar refractivity (Wildman–Crippen MR) is 77.0 cm³/mol. The van der Waals surface area contributed by atoms with Crippen LogP contribution in [0.4, 0.5) is 0 Å². The maximum atomic E-state index is 9.10. The van der Waals surface area contributed by atoms with Crippen molar-refractivity contribution < 1.29 is 9.84 Å². The third-order valence-electron chi connectivity index (χ3n) is 6.62. The van der Waals surface area contributed by atoms with Crippen LogP contribution in [0, 0.1) is 22.2 Å². The number of ether oxygens (including phenoxy) is 1. The first-order chi connectivity index (χ1) is 8.92. The van der Waals surface area contributed by atoms with E-state index in [9.17, 15) is 0 Å². The van der Waals surface area contributed by atoms with Crippen molar-refractivity contribution in [3.8, 4) is 0 Å². The zero-order chi connectivity index (χ0) is 13.7. The summed E-state index contributed by atoms with van der Waals surface area (Å²) in [5.74, 6) is 0.831. The van der Waals surface area contributed by atoms with Gasteiger partial charge in [-0.05, 0) is 55.3 Å². The van der Waals surface area contributed by atoms with E-state index in [0.29, 0.717) is 29.0 Å². The van der Waals surface area contributed by atoms with Crippen LogP contribution in [0.3, 0.4) is 0 Å². The summed E-state index contributed by atoms with van der Waals surface area (Å²) in [6.07, 6.45) is 9.89. The summed E-state index contributed by atoms with van der Waals surface area (Å²) in [6.45, 7) is 8.07. The van der Waals surface area contributed by atoms with Gasteiger partial charge in [-0.25, -0.2) is 0 Å². The van der Waals surface area contributed by atoms with E-state index in [1.807, 2.05) is 0 Å². The van der Waals surface area contributed by atoms with Gasteiger partial charge in [-0.15, -0.1) is 0 Å². The molecule has 4 atom stereocenters. The molecule has 110 valence electrons. The lowest BCUT2D eigenvalue weighted by atomic mass is 9.50. The SMILES string of the molecule is CC12CCCC3(C1)C(OCCO)CC(C)(C)C3CC2. The van der Waals surface area contributed by atoms with Crippen LogP contribution in [0.2, 0.25) is 0 Å². The van der Waals surface area contributed by atoms with E-state index in [1.165, 1.54) is 44.9 Å². The van der Waals surface area contributed by atoms with Gasteiger partial charge in [0.15, 0.2) is 0 Å². The molecule has 3 rings (SSSR count). The summed E-state index contributed by atoms with van der Waals surface area (Å²) >= 11 is 0. The normalized spacial score (nSPS) is 48.0. The number of hydrogen-bond acceptors (Lipinski definition) is 2.